The van der Waals surface area contributed by atoms with E-state index in [4.69, 9.17) is 22.3 Å². The molecule has 0 aliphatic carbocycles. The van der Waals surface area contributed by atoms with Crippen molar-refractivity contribution in [3.05, 3.63) is 66.8 Å². The Morgan fingerprint density at radius 3 is 1.34 bits per heavy atom. The predicted molar refractivity (Wildman–Crippen MR) is 178 cm³/mol. The van der Waals surface area contributed by atoms with Crippen LogP contribution in [0.25, 0.3) is 0 Å². The first-order valence-corrected chi connectivity index (χ1v) is 16.0. The second-order valence-electron chi connectivity index (χ2n) is 10.6. The van der Waals surface area contributed by atoms with Gasteiger partial charge in [0.2, 0.25) is 11.8 Å². The molecular weight excluding hydrogens is 746 g/mol. The molecule has 0 aromatic heterocycles. The number of amides is 4. The maximum absolute atomic E-state index is 14.3. The summed E-state index contributed by atoms with van der Waals surface area (Å²) in [6, 6.07) is 15.0. The van der Waals surface area contributed by atoms with Crippen LogP contribution in [0.4, 0.5) is 4.79 Å². The number of nitrogens with two attached hydrogens (primary N) is 2. The van der Waals surface area contributed by atoms with E-state index in [1.165, 1.54) is 9.80 Å². The van der Waals surface area contributed by atoms with Crippen molar-refractivity contribution in [3.8, 4) is 0 Å². The highest BCUT2D eigenvalue weighted by molar-refractivity contribution is 14.1. The van der Waals surface area contributed by atoms with Gasteiger partial charge >= 0.3 is 6.03 Å². The molecule has 0 saturated carbocycles. The lowest BCUT2D eigenvalue weighted by molar-refractivity contribution is -0.159. The number of benzene rings is 2. The van der Waals surface area contributed by atoms with Crippen LogP contribution >= 0.6 is 45.2 Å². The monoisotopic (exact) mass is 784 g/mol. The normalized spacial score (nSPS) is 14.9. The summed E-state index contributed by atoms with van der Waals surface area (Å²) in [6.45, 7) is 0.398. The Bertz CT molecular complexity index is 1150. The van der Waals surface area contributed by atoms with Crippen molar-refractivity contribution in [3.63, 3.8) is 0 Å². The molecule has 1 aliphatic heterocycles. The van der Waals surface area contributed by atoms with Gasteiger partial charge in [0, 0.05) is 33.1 Å². The number of nitrogens with one attached hydrogen (secondary N) is 2. The number of urea groups is 1. The number of unbranched alkanes of at least 4 members (excludes halogenated alkanes) is 4. The number of carbonyl (C=O) groups is 3. The predicted octanol–water partition coefficient (Wildman–Crippen LogP) is 5.45. The largest absolute Gasteiger partial charge is 0.388 e. The SMILES string of the molecule is N=C(N)CCCCCN1C(=O)N(CCCCCC(=N)N)C(=O)C(Cc2ccc(I)cc2)(Cc2ccc(I)cc2)C1=O. The van der Waals surface area contributed by atoms with Crippen LogP contribution in [0.15, 0.2) is 48.5 Å². The van der Waals surface area contributed by atoms with Crippen LogP contribution in [-0.4, -0.2) is 52.4 Å². The Balaban J connectivity index is 1.97. The van der Waals surface area contributed by atoms with Crippen LogP contribution in [-0.2, 0) is 22.4 Å². The van der Waals surface area contributed by atoms with E-state index < -0.39 is 23.3 Å². The summed E-state index contributed by atoms with van der Waals surface area (Å²) in [5.74, 6) is -0.676. The molecule has 0 spiro atoms. The van der Waals surface area contributed by atoms with E-state index in [9.17, 15) is 14.4 Å². The number of rotatable bonds is 16. The molecule has 1 saturated heterocycles. The smallest absolute Gasteiger partial charge is 0.333 e. The average molecular weight is 784 g/mol. The molecule has 41 heavy (non-hydrogen) atoms. The van der Waals surface area contributed by atoms with Gasteiger partial charge in [-0.15, -0.1) is 0 Å². The molecule has 11 heteroatoms. The molecule has 2 aromatic carbocycles. The summed E-state index contributed by atoms with van der Waals surface area (Å²) in [5, 5.41) is 14.9. The molecule has 1 aliphatic rings. The molecule has 220 valence electrons. The standard InChI is InChI=1S/C30H38I2N6O3/c31-23-13-9-21(10-14-23)19-30(20-22-11-15-24(32)16-12-22)27(39)37(17-5-1-3-7-25(33)34)29(41)38(28(30)40)18-6-2-4-8-26(35)36/h9-16H,1-8,17-20H2,(H3,33,34)(H3,35,36). The lowest BCUT2D eigenvalue weighted by Crippen LogP contribution is -2.66. The lowest BCUT2D eigenvalue weighted by atomic mass is 9.72. The third kappa shape index (κ3) is 9.22. The first-order chi connectivity index (χ1) is 19.5. The van der Waals surface area contributed by atoms with Crippen LogP contribution < -0.4 is 11.5 Å². The Kier molecular flexibility index (Phi) is 12.6. The van der Waals surface area contributed by atoms with Crippen molar-refractivity contribution in [1.29, 1.82) is 10.8 Å². The topological polar surface area (TPSA) is 157 Å². The zero-order valence-corrected chi connectivity index (χ0v) is 27.4. The number of carbonyl (C=O) groups excluding carboxylic acids is 3. The van der Waals surface area contributed by atoms with Crippen LogP contribution in [0, 0.1) is 23.4 Å². The Morgan fingerprint density at radius 1 is 0.634 bits per heavy atom. The highest BCUT2D eigenvalue weighted by Crippen LogP contribution is 2.37. The molecule has 4 amide bonds. The summed E-state index contributed by atoms with van der Waals surface area (Å²) in [6.07, 6.45) is 5.23. The third-order valence-corrected chi connectivity index (χ3v) is 8.70. The number of hydrogen-bond acceptors (Lipinski definition) is 5. The lowest BCUT2D eigenvalue weighted by Gasteiger charge is -2.44. The second kappa shape index (κ2) is 15.6. The molecule has 0 unspecified atom stereocenters. The van der Waals surface area contributed by atoms with Crippen LogP contribution in [0.5, 0.6) is 0 Å². The molecule has 0 radical (unpaired) electrons. The van der Waals surface area contributed by atoms with E-state index in [0.29, 0.717) is 51.4 Å². The van der Waals surface area contributed by atoms with Gasteiger partial charge in [0.1, 0.15) is 5.41 Å². The van der Waals surface area contributed by atoms with Crippen LogP contribution in [0.2, 0.25) is 0 Å². The number of amidine groups is 2. The average Bonchev–Trinajstić information content (AvgIpc) is 2.92. The zero-order valence-electron chi connectivity index (χ0n) is 23.1. The van der Waals surface area contributed by atoms with Gasteiger partial charge < -0.3 is 11.5 Å². The van der Waals surface area contributed by atoms with E-state index in [-0.39, 0.29) is 37.6 Å². The first-order valence-electron chi connectivity index (χ1n) is 13.9. The maximum Gasteiger partial charge on any atom is 0.333 e. The third-order valence-electron chi connectivity index (χ3n) is 7.26. The van der Waals surface area contributed by atoms with E-state index in [1.54, 1.807) is 0 Å². The van der Waals surface area contributed by atoms with Crippen LogP contribution in [0.1, 0.15) is 62.5 Å². The van der Waals surface area contributed by atoms with Gasteiger partial charge in [0.25, 0.3) is 0 Å². The van der Waals surface area contributed by atoms with Crippen molar-refractivity contribution < 1.29 is 14.4 Å². The minimum Gasteiger partial charge on any atom is -0.388 e. The first kappa shape index (κ1) is 33.0. The number of halogens is 2. The van der Waals surface area contributed by atoms with Crippen molar-refractivity contribution in [2.75, 3.05) is 13.1 Å². The molecular formula is C30H38I2N6O3. The van der Waals surface area contributed by atoms with Crippen molar-refractivity contribution >= 4 is 74.7 Å². The van der Waals surface area contributed by atoms with Crippen molar-refractivity contribution in [2.45, 2.75) is 64.2 Å². The van der Waals surface area contributed by atoms with Crippen molar-refractivity contribution in [1.82, 2.24) is 9.80 Å². The van der Waals surface area contributed by atoms with Gasteiger partial charge in [0.15, 0.2) is 0 Å². The molecule has 0 atom stereocenters. The Hall–Kier alpha value is -2.55. The second-order valence-corrected chi connectivity index (χ2v) is 13.0. The fourth-order valence-corrected chi connectivity index (χ4v) is 5.83. The van der Waals surface area contributed by atoms with Crippen LogP contribution in [0.3, 0.4) is 0 Å². The Morgan fingerprint density at radius 2 is 1.00 bits per heavy atom. The van der Waals surface area contributed by atoms with E-state index in [0.717, 1.165) is 18.3 Å². The van der Waals surface area contributed by atoms with E-state index in [2.05, 4.69) is 45.2 Å². The minimum absolute atomic E-state index is 0.116. The quantitative estimate of drug-likeness (QED) is 0.0586. The van der Waals surface area contributed by atoms with E-state index >= 15 is 0 Å². The molecule has 3 rings (SSSR count). The summed E-state index contributed by atoms with van der Waals surface area (Å²) >= 11 is 4.45. The highest BCUT2D eigenvalue weighted by atomic mass is 127. The van der Waals surface area contributed by atoms with Crippen molar-refractivity contribution in [2.24, 2.45) is 16.9 Å². The van der Waals surface area contributed by atoms with Gasteiger partial charge in [-0.05, 0) is 119 Å². The number of hydrogen-bond donors (Lipinski definition) is 4. The fraction of sp³-hybridized carbons (Fsp3) is 0.433. The summed E-state index contributed by atoms with van der Waals surface area (Å²) < 4.78 is 2.10. The minimum atomic E-state index is -1.47. The molecule has 1 heterocycles. The summed E-state index contributed by atoms with van der Waals surface area (Å²) in [7, 11) is 0. The van der Waals surface area contributed by atoms with Gasteiger partial charge in [-0.25, -0.2) is 4.79 Å². The molecule has 0 bridgehead atoms. The number of imide groups is 2. The number of barbiturate groups is 1. The van der Waals surface area contributed by atoms with E-state index in [1.807, 2.05) is 48.5 Å². The Labute approximate surface area is 269 Å². The maximum atomic E-state index is 14.3. The van der Waals surface area contributed by atoms with Gasteiger partial charge in [-0.3, -0.25) is 30.2 Å². The summed E-state index contributed by atoms with van der Waals surface area (Å²) in [4.78, 5) is 44.9. The molecule has 2 aromatic rings. The van der Waals surface area contributed by atoms with Gasteiger partial charge in [-0.2, -0.15) is 0 Å². The number of nitrogens with zero attached hydrogens (tertiary/aromatic N) is 2. The molecule has 6 N–H and O–H groups in total. The van der Waals surface area contributed by atoms with Gasteiger partial charge in [0.05, 0.1) is 11.7 Å². The highest BCUT2D eigenvalue weighted by Gasteiger charge is 2.56. The fourth-order valence-electron chi connectivity index (χ4n) is 5.11. The molecule has 9 nitrogen and oxygen atoms in total. The van der Waals surface area contributed by atoms with Gasteiger partial charge in [-0.1, -0.05) is 37.1 Å². The zero-order chi connectivity index (χ0) is 30.0. The summed E-state index contributed by atoms with van der Waals surface area (Å²) in [5.41, 5.74) is 11.2. The molecule has 1 fully saturated rings.